The van der Waals surface area contributed by atoms with E-state index < -0.39 is 23.9 Å². The Hall–Kier alpha value is -2.38. The van der Waals surface area contributed by atoms with Gasteiger partial charge in [-0.15, -0.1) is 0 Å². The van der Waals surface area contributed by atoms with Crippen LogP contribution in [0.5, 0.6) is 0 Å². The lowest BCUT2D eigenvalue weighted by atomic mass is 9.87. The highest BCUT2D eigenvalue weighted by Gasteiger charge is 2.45. The van der Waals surface area contributed by atoms with Gasteiger partial charge in [0.05, 0.1) is 25.4 Å². The molecule has 2 saturated heterocycles. The van der Waals surface area contributed by atoms with Crippen LogP contribution in [0.4, 0.5) is 26.3 Å². The van der Waals surface area contributed by atoms with Crippen molar-refractivity contribution in [1.82, 2.24) is 9.80 Å². The van der Waals surface area contributed by atoms with Crippen molar-refractivity contribution >= 4 is 11.9 Å². The van der Waals surface area contributed by atoms with Gasteiger partial charge in [0, 0.05) is 51.7 Å². The summed E-state index contributed by atoms with van der Waals surface area (Å²) >= 11 is 0. The Morgan fingerprint density at radius 3 is 2.47 bits per heavy atom. The second-order valence-electron chi connectivity index (χ2n) is 8.25. The van der Waals surface area contributed by atoms with E-state index in [-0.39, 0.29) is 11.3 Å². The number of carboxylic acids is 1. The maximum absolute atomic E-state index is 13.0. The molecule has 1 amide bonds. The van der Waals surface area contributed by atoms with Crippen LogP contribution in [0, 0.1) is 5.41 Å². The number of hydrogen-bond donors (Lipinski definition) is 1. The molecule has 2 aliphatic rings. The van der Waals surface area contributed by atoms with E-state index in [9.17, 15) is 31.1 Å². The number of carboxylic acid groups (broad SMARTS) is 1. The highest BCUT2D eigenvalue weighted by atomic mass is 19.4. The summed E-state index contributed by atoms with van der Waals surface area (Å²) in [5.74, 6) is -2.68. The van der Waals surface area contributed by atoms with Crippen molar-refractivity contribution in [3.8, 4) is 0 Å². The Balaban J connectivity index is 0.000000509. The molecule has 1 atom stereocenters. The van der Waals surface area contributed by atoms with Crippen LogP contribution in [-0.4, -0.2) is 86.1 Å². The number of benzene rings is 1. The van der Waals surface area contributed by atoms with Gasteiger partial charge in [0.1, 0.15) is 0 Å². The summed E-state index contributed by atoms with van der Waals surface area (Å²) in [6.45, 7) is 4.27. The number of rotatable bonds is 5. The number of amides is 1. The molecule has 2 heterocycles. The second-order valence-corrected chi connectivity index (χ2v) is 8.25. The predicted octanol–water partition coefficient (Wildman–Crippen LogP) is 3.04. The van der Waals surface area contributed by atoms with Crippen LogP contribution in [-0.2, 0) is 31.8 Å². The molecule has 1 aromatic carbocycles. The van der Waals surface area contributed by atoms with E-state index in [1.165, 1.54) is 12.1 Å². The van der Waals surface area contributed by atoms with E-state index in [1.54, 1.807) is 18.1 Å². The zero-order valence-electron chi connectivity index (χ0n) is 18.4. The molecule has 0 aromatic heterocycles. The molecule has 34 heavy (non-hydrogen) atoms. The number of likely N-dealkylation sites (tertiary alicyclic amines) is 1. The fourth-order valence-electron chi connectivity index (χ4n) is 3.91. The van der Waals surface area contributed by atoms with Gasteiger partial charge in [-0.05, 0) is 11.6 Å². The third-order valence-corrected chi connectivity index (χ3v) is 5.39. The number of nitrogens with zero attached hydrogens (tertiary/aromatic N) is 2. The Bertz CT molecular complexity index is 848. The number of carbonyl (C=O) groups excluding carboxylic acids is 1. The van der Waals surface area contributed by atoms with Crippen molar-refractivity contribution in [3.63, 3.8) is 0 Å². The average molecular weight is 500 g/mol. The summed E-state index contributed by atoms with van der Waals surface area (Å²) in [6.07, 6.45) is -9.03. The quantitative estimate of drug-likeness (QED) is 0.627. The predicted molar refractivity (Wildman–Crippen MR) is 107 cm³/mol. The van der Waals surface area contributed by atoms with Crippen LogP contribution in [0.15, 0.2) is 24.3 Å². The Morgan fingerprint density at radius 1 is 1.21 bits per heavy atom. The number of ether oxygens (including phenoxy) is 2. The molecule has 7 nitrogen and oxygen atoms in total. The van der Waals surface area contributed by atoms with Crippen molar-refractivity contribution in [2.45, 2.75) is 25.3 Å². The molecule has 0 radical (unpaired) electrons. The fourth-order valence-corrected chi connectivity index (χ4v) is 3.91. The summed E-state index contributed by atoms with van der Waals surface area (Å²) in [7, 11) is 1.60. The summed E-state index contributed by atoms with van der Waals surface area (Å²) in [5.41, 5.74) is -0.340. The monoisotopic (exact) mass is 500 g/mol. The number of halogens is 6. The molecule has 2 aliphatic heterocycles. The minimum absolute atomic E-state index is 0.0802. The molecule has 0 aliphatic carbocycles. The van der Waals surface area contributed by atoms with Crippen LogP contribution >= 0.6 is 0 Å². The minimum atomic E-state index is -5.08. The molecule has 1 spiro atoms. The van der Waals surface area contributed by atoms with E-state index in [0.29, 0.717) is 64.5 Å². The van der Waals surface area contributed by atoms with E-state index in [2.05, 4.69) is 4.90 Å². The van der Waals surface area contributed by atoms with E-state index in [1.807, 2.05) is 0 Å². The number of carbonyl (C=O) groups is 2. The van der Waals surface area contributed by atoms with Crippen molar-refractivity contribution < 1.29 is 50.5 Å². The molecule has 192 valence electrons. The largest absolute Gasteiger partial charge is 0.490 e. The number of hydrogen-bond acceptors (Lipinski definition) is 5. The van der Waals surface area contributed by atoms with Crippen LogP contribution in [0.1, 0.15) is 17.5 Å². The molecule has 3 rings (SSSR count). The summed E-state index contributed by atoms with van der Waals surface area (Å²) < 4.78 is 81.4. The van der Waals surface area contributed by atoms with Crippen LogP contribution in [0.3, 0.4) is 0 Å². The molecular weight excluding hydrogens is 474 g/mol. The first-order valence-electron chi connectivity index (χ1n) is 10.3. The first-order chi connectivity index (χ1) is 15.8. The maximum Gasteiger partial charge on any atom is 0.490 e. The number of methoxy groups -OCH3 is 1. The lowest BCUT2D eigenvalue weighted by Gasteiger charge is -2.31. The standard InChI is InChI=1S/C19H25F3N2O3.C2HF3O2/c1-26-7-6-24-13-18(10-17(24)25)12-23(5-8-27-14-18)11-15-3-2-4-16(9-15)19(20,21)22;3-2(4,5)1(6)7/h2-4,9H,5-8,10-14H2,1H3;(H,6,7). The Morgan fingerprint density at radius 2 is 1.88 bits per heavy atom. The Kier molecular flexibility index (Phi) is 9.31. The third kappa shape index (κ3) is 8.13. The van der Waals surface area contributed by atoms with Crippen molar-refractivity contribution in [2.75, 3.05) is 53.1 Å². The molecule has 1 aromatic rings. The zero-order valence-corrected chi connectivity index (χ0v) is 18.4. The summed E-state index contributed by atoms with van der Waals surface area (Å²) in [5, 5.41) is 7.12. The van der Waals surface area contributed by atoms with Gasteiger partial charge in [0.15, 0.2) is 0 Å². The molecule has 0 saturated carbocycles. The lowest BCUT2D eigenvalue weighted by molar-refractivity contribution is -0.192. The summed E-state index contributed by atoms with van der Waals surface area (Å²) in [6, 6.07) is 5.43. The molecule has 13 heteroatoms. The van der Waals surface area contributed by atoms with Gasteiger partial charge in [-0.25, -0.2) is 4.79 Å². The number of aliphatic carboxylic acids is 1. The zero-order chi connectivity index (χ0) is 25.6. The van der Waals surface area contributed by atoms with Crippen molar-refractivity contribution in [1.29, 1.82) is 0 Å². The first kappa shape index (κ1) is 27.9. The fraction of sp³-hybridized carbons (Fsp3) is 0.619. The second kappa shape index (κ2) is 11.4. The first-order valence-corrected chi connectivity index (χ1v) is 10.3. The van der Waals surface area contributed by atoms with Gasteiger partial charge >= 0.3 is 18.3 Å². The van der Waals surface area contributed by atoms with Crippen LogP contribution in [0.25, 0.3) is 0 Å². The SMILES string of the molecule is COCCN1CC2(COCCN(Cc3cccc(C(F)(F)F)c3)C2)CC1=O.O=C(O)C(F)(F)F. The van der Waals surface area contributed by atoms with Crippen LogP contribution in [0.2, 0.25) is 0 Å². The van der Waals surface area contributed by atoms with Gasteiger partial charge < -0.3 is 19.5 Å². The van der Waals surface area contributed by atoms with Crippen molar-refractivity contribution in [2.24, 2.45) is 5.41 Å². The molecule has 2 fully saturated rings. The van der Waals surface area contributed by atoms with E-state index >= 15 is 0 Å². The average Bonchev–Trinajstić information content (AvgIpc) is 2.90. The smallest absolute Gasteiger partial charge is 0.475 e. The number of alkyl halides is 6. The highest BCUT2D eigenvalue weighted by molar-refractivity contribution is 5.79. The normalized spacial score (nSPS) is 21.9. The topological polar surface area (TPSA) is 79.3 Å². The molecule has 0 bridgehead atoms. The highest BCUT2D eigenvalue weighted by Crippen LogP contribution is 2.35. The van der Waals surface area contributed by atoms with Gasteiger partial charge in [-0.1, -0.05) is 18.2 Å². The van der Waals surface area contributed by atoms with Gasteiger partial charge in [0.25, 0.3) is 0 Å². The van der Waals surface area contributed by atoms with Crippen molar-refractivity contribution in [3.05, 3.63) is 35.4 Å². The Labute approximate surface area is 192 Å². The van der Waals surface area contributed by atoms with Crippen LogP contribution < -0.4 is 0 Å². The summed E-state index contributed by atoms with van der Waals surface area (Å²) in [4.78, 5) is 25.1. The van der Waals surface area contributed by atoms with Gasteiger partial charge in [-0.3, -0.25) is 9.69 Å². The van der Waals surface area contributed by atoms with Gasteiger partial charge in [0.2, 0.25) is 5.91 Å². The molecule has 1 N–H and O–H groups in total. The third-order valence-electron chi connectivity index (χ3n) is 5.39. The molecular formula is C21H26F6N2O5. The maximum atomic E-state index is 13.0. The molecule has 1 unspecified atom stereocenters. The minimum Gasteiger partial charge on any atom is -0.475 e. The van der Waals surface area contributed by atoms with E-state index in [0.717, 1.165) is 6.07 Å². The van der Waals surface area contributed by atoms with Gasteiger partial charge in [-0.2, -0.15) is 26.3 Å². The lowest BCUT2D eigenvalue weighted by Crippen LogP contribution is -2.40. The van der Waals surface area contributed by atoms with E-state index in [4.69, 9.17) is 19.4 Å².